The Morgan fingerprint density at radius 2 is 1.62 bits per heavy atom. The van der Waals surface area contributed by atoms with Crippen LogP contribution in [0.15, 0.2) is 54.6 Å². The minimum atomic E-state index is -2.82. The van der Waals surface area contributed by atoms with Crippen LogP contribution >= 0.6 is 0 Å². The van der Waals surface area contributed by atoms with E-state index in [0.29, 0.717) is 50.4 Å². The van der Waals surface area contributed by atoms with Gasteiger partial charge in [-0.1, -0.05) is 42.5 Å². The van der Waals surface area contributed by atoms with Gasteiger partial charge in [0, 0.05) is 37.5 Å². The van der Waals surface area contributed by atoms with Crippen molar-refractivity contribution >= 4 is 17.6 Å². The van der Waals surface area contributed by atoms with E-state index in [2.05, 4.69) is 29.2 Å². The quantitative estimate of drug-likeness (QED) is 0.457. The van der Waals surface area contributed by atoms with Crippen LogP contribution in [-0.2, 0) is 16.1 Å². The van der Waals surface area contributed by atoms with Crippen LogP contribution in [0, 0.1) is 5.41 Å². The van der Waals surface area contributed by atoms with Gasteiger partial charge >= 0.3 is 5.97 Å². The van der Waals surface area contributed by atoms with E-state index in [9.17, 15) is 23.5 Å². The van der Waals surface area contributed by atoms with Gasteiger partial charge in [-0.3, -0.25) is 14.5 Å². The standard InChI is InChI=1S/C30H36F2N2O3/c31-30(32)14-4-7-26(19-30)34(25-5-2-1-3-6-25)27(35)20-29(28(36)37)15-17-33(18-16-29)21-22-8-10-23(11-9-22)24-12-13-24/h1-3,5-6,8-11,24,26H,4,7,12-21H2,(H,36,37). The number of benzene rings is 2. The summed E-state index contributed by atoms with van der Waals surface area (Å²) in [5, 5.41) is 10.2. The van der Waals surface area contributed by atoms with Crippen molar-refractivity contribution in [3.63, 3.8) is 0 Å². The molecule has 1 saturated heterocycles. The predicted octanol–water partition coefficient (Wildman–Crippen LogP) is 6.23. The molecule has 3 aliphatic rings. The maximum absolute atomic E-state index is 14.3. The number of carbonyl (C=O) groups is 2. The van der Waals surface area contributed by atoms with Gasteiger partial charge in [0.1, 0.15) is 0 Å². The molecule has 3 fully saturated rings. The third-order valence-corrected chi connectivity index (χ3v) is 8.47. The molecule has 2 aromatic rings. The lowest BCUT2D eigenvalue weighted by molar-refractivity contribution is -0.155. The zero-order valence-corrected chi connectivity index (χ0v) is 21.3. The van der Waals surface area contributed by atoms with Gasteiger partial charge in [-0.25, -0.2) is 8.78 Å². The number of anilines is 1. The molecule has 0 radical (unpaired) electrons. The molecule has 1 amide bonds. The number of rotatable bonds is 8. The van der Waals surface area contributed by atoms with Crippen molar-refractivity contribution in [3.8, 4) is 0 Å². The molecule has 0 aromatic heterocycles. The number of likely N-dealkylation sites (tertiary alicyclic amines) is 1. The smallest absolute Gasteiger partial charge is 0.310 e. The summed E-state index contributed by atoms with van der Waals surface area (Å²) in [6, 6.07) is 16.9. The summed E-state index contributed by atoms with van der Waals surface area (Å²) in [5.41, 5.74) is 1.97. The number of alkyl halides is 2. The second kappa shape index (κ2) is 10.5. The maximum Gasteiger partial charge on any atom is 0.310 e. The molecule has 2 saturated carbocycles. The number of carbonyl (C=O) groups excluding carboxylic acids is 1. The highest BCUT2D eigenvalue weighted by molar-refractivity contribution is 5.97. The first kappa shape index (κ1) is 25.8. The minimum Gasteiger partial charge on any atom is -0.481 e. The van der Waals surface area contributed by atoms with Gasteiger partial charge in [-0.05, 0) is 80.8 Å². The number of halogens is 2. The molecule has 37 heavy (non-hydrogen) atoms. The number of carboxylic acids is 1. The Morgan fingerprint density at radius 1 is 0.946 bits per heavy atom. The second-order valence-corrected chi connectivity index (χ2v) is 11.3. The molecule has 0 spiro atoms. The number of piperidine rings is 1. The van der Waals surface area contributed by atoms with Crippen molar-refractivity contribution < 1.29 is 23.5 Å². The van der Waals surface area contributed by atoms with Gasteiger partial charge in [0.2, 0.25) is 11.8 Å². The van der Waals surface area contributed by atoms with Crippen molar-refractivity contribution in [3.05, 3.63) is 65.7 Å². The Hall–Kier alpha value is -2.80. The molecule has 2 aliphatic carbocycles. The predicted molar refractivity (Wildman–Crippen MR) is 139 cm³/mol. The van der Waals surface area contributed by atoms with Crippen molar-refractivity contribution in [1.82, 2.24) is 4.90 Å². The fourth-order valence-electron chi connectivity index (χ4n) is 6.06. The molecule has 1 aliphatic heterocycles. The number of aliphatic carboxylic acids is 1. The van der Waals surface area contributed by atoms with Gasteiger partial charge in [-0.2, -0.15) is 0 Å². The summed E-state index contributed by atoms with van der Waals surface area (Å²) in [7, 11) is 0. The largest absolute Gasteiger partial charge is 0.481 e. The Kier molecular flexibility index (Phi) is 7.35. The molecule has 1 unspecified atom stereocenters. The van der Waals surface area contributed by atoms with E-state index >= 15 is 0 Å². The molecule has 198 valence electrons. The first-order chi connectivity index (χ1) is 17.7. The van der Waals surface area contributed by atoms with Crippen LogP contribution < -0.4 is 4.90 Å². The number of nitrogens with zero attached hydrogens (tertiary/aromatic N) is 2. The van der Waals surface area contributed by atoms with Gasteiger partial charge in [0.15, 0.2) is 0 Å². The average molecular weight is 511 g/mol. The van der Waals surface area contributed by atoms with Gasteiger partial charge in [0.05, 0.1) is 5.41 Å². The van der Waals surface area contributed by atoms with Crippen LogP contribution in [0.3, 0.4) is 0 Å². The molecule has 5 rings (SSSR count). The van der Waals surface area contributed by atoms with Crippen LogP contribution in [-0.4, -0.2) is 46.9 Å². The maximum atomic E-state index is 14.3. The zero-order valence-electron chi connectivity index (χ0n) is 21.3. The normalized spacial score (nSPS) is 23.4. The molecule has 5 nitrogen and oxygen atoms in total. The molecule has 7 heteroatoms. The van der Waals surface area contributed by atoms with Crippen LogP contribution in [0.1, 0.15) is 74.8 Å². The molecule has 1 N–H and O–H groups in total. The van der Waals surface area contributed by atoms with Crippen molar-refractivity contribution in [1.29, 1.82) is 0 Å². The summed E-state index contributed by atoms with van der Waals surface area (Å²) >= 11 is 0. The zero-order chi connectivity index (χ0) is 26.0. The molecular weight excluding hydrogens is 474 g/mol. The molecule has 0 bridgehead atoms. The number of amides is 1. The summed E-state index contributed by atoms with van der Waals surface area (Å²) in [6.07, 6.45) is 3.36. The lowest BCUT2D eigenvalue weighted by atomic mass is 9.75. The van der Waals surface area contributed by atoms with Crippen LogP contribution in [0.2, 0.25) is 0 Å². The SMILES string of the molecule is O=C(CC1(C(=O)O)CCN(Cc2ccc(C3CC3)cc2)CC1)N(c1ccccc1)C1CCCC(F)(F)C1. The van der Waals surface area contributed by atoms with Crippen LogP contribution in [0.25, 0.3) is 0 Å². The third kappa shape index (κ3) is 6.03. The summed E-state index contributed by atoms with van der Waals surface area (Å²) in [6.45, 7) is 1.91. The highest BCUT2D eigenvalue weighted by Gasteiger charge is 2.46. The van der Waals surface area contributed by atoms with Crippen molar-refractivity contribution in [2.75, 3.05) is 18.0 Å². The van der Waals surface area contributed by atoms with Gasteiger partial charge in [0.25, 0.3) is 0 Å². The van der Waals surface area contributed by atoms with E-state index in [4.69, 9.17) is 0 Å². The summed E-state index contributed by atoms with van der Waals surface area (Å²) in [4.78, 5) is 29.9. The van der Waals surface area contributed by atoms with Crippen LogP contribution in [0.4, 0.5) is 14.5 Å². The van der Waals surface area contributed by atoms with E-state index in [1.54, 1.807) is 24.3 Å². The molecule has 2 aromatic carbocycles. The first-order valence-electron chi connectivity index (χ1n) is 13.5. The van der Waals surface area contributed by atoms with Crippen molar-refractivity contribution in [2.24, 2.45) is 5.41 Å². The third-order valence-electron chi connectivity index (χ3n) is 8.47. The second-order valence-electron chi connectivity index (χ2n) is 11.3. The highest BCUT2D eigenvalue weighted by atomic mass is 19.3. The molecular formula is C30H36F2N2O3. The lowest BCUT2D eigenvalue weighted by Gasteiger charge is -2.42. The van der Waals surface area contributed by atoms with E-state index in [1.807, 2.05) is 6.07 Å². The fraction of sp³-hybridized carbons (Fsp3) is 0.533. The topological polar surface area (TPSA) is 60.9 Å². The number of para-hydroxylation sites is 1. The number of hydrogen-bond donors (Lipinski definition) is 1. The molecule has 1 heterocycles. The van der Waals surface area contributed by atoms with E-state index < -0.39 is 23.3 Å². The molecule has 1 atom stereocenters. The van der Waals surface area contributed by atoms with E-state index in [-0.39, 0.29) is 25.2 Å². The Balaban J connectivity index is 1.27. The Labute approximate surface area is 217 Å². The van der Waals surface area contributed by atoms with E-state index in [1.165, 1.54) is 28.9 Å². The lowest BCUT2D eigenvalue weighted by Crippen LogP contribution is -2.50. The first-order valence-corrected chi connectivity index (χ1v) is 13.5. The summed E-state index contributed by atoms with van der Waals surface area (Å²) in [5.74, 6) is -3.45. The van der Waals surface area contributed by atoms with Crippen LogP contribution in [0.5, 0.6) is 0 Å². The van der Waals surface area contributed by atoms with Crippen molar-refractivity contribution in [2.45, 2.75) is 82.2 Å². The minimum absolute atomic E-state index is 0.168. The Morgan fingerprint density at radius 3 is 2.22 bits per heavy atom. The van der Waals surface area contributed by atoms with E-state index in [0.717, 1.165) is 6.54 Å². The highest BCUT2D eigenvalue weighted by Crippen LogP contribution is 2.42. The number of hydrogen-bond acceptors (Lipinski definition) is 3. The van der Waals surface area contributed by atoms with Gasteiger partial charge in [-0.15, -0.1) is 0 Å². The monoisotopic (exact) mass is 510 g/mol. The van der Waals surface area contributed by atoms with Gasteiger partial charge < -0.3 is 10.0 Å². The number of carboxylic acid groups (broad SMARTS) is 1. The average Bonchev–Trinajstić information content (AvgIpc) is 3.72. The Bertz CT molecular complexity index is 1090. The fourth-order valence-corrected chi connectivity index (χ4v) is 6.06. The summed E-state index contributed by atoms with van der Waals surface area (Å²) < 4.78 is 28.6.